The number of nitrogens with zero attached hydrogens (tertiary/aromatic N) is 2. The van der Waals surface area contributed by atoms with Gasteiger partial charge in [0.1, 0.15) is 0 Å². The first-order valence-corrected chi connectivity index (χ1v) is 7.06. The minimum atomic E-state index is -0.449. The Bertz CT molecular complexity index is 885. The van der Waals surface area contributed by atoms with Crippen LogP contribution >= 0.6 is 0 Å². The van der Waals surface area contributed by atoms with E-state index in [0.717, 1.165) is 11.4 Å². The van der Waals surface area contributed by atoms with E-state index < -0.39 is 5.97 Å². The molecule has 0 spiro atoms. The minimum Gasteiger partial charge on any atom is -0.354 e. The van der Waals surface area contributed by atoms with Crippen LogP contribution in [0.4, 0.5) is 11.4 Å². The number of fused-ring (bicyclic) bond motifs is 1. The Balaban J connectivity index is 2.05. The van der Waals surface area contributed by atoms with Crippen LogP contribution in [0.15, 0.2) is 48.9 Å². The molecule has 6 nitrogen and oxygen atoms in total. The lowest BCUT2D eigenvalue weighted by molar-refractivity contribution is -0.140. The maximum Gasteiger partial charge on any atom is 0.329 e. The third-order valence-corrected chi connectivity index (χ3v) is 3.33. The smallest absolute Gasteiger partial charge is 0.329 e. The number of rotatable bonds is 4. The molecule has 0 aliphatic rings. The Morgan fingerprint density at radius 2 is 2.00 bits per heavy atom. The highest BCUT2D eigenvalue weighted by Crippen LogP contribution is 2.26. The maximum atomic E-state index is 11.8. The van der Waals surface area contributed by atoms with Crippen molar-refractivity contribution in [2.75, 3.05) is 5.32 Å². The summed E-state index contributed by atoms with van der Waals surface area (Å²) in [7, 11) is 0. The monoisotopic (exact) mass is 309 g/mol. The van der Waals surface area contributed by atoms with E-state index >= 15 is 0 Å². The zero-order valence-electron chi connectivity index (χ0n) is 12.7. The summed E-state index contributed by atoms with van der Waals surface area (Å²) < 4.78 is 1.32. The third kappa shape index (κ3) is 3.06. The van der Waals surface area contributed by atoms with E-state index in [0.29, 0.717) is 16.5 Å². The zero-order valence-corrected chi connectivity index (χ0v) is 12.7. The van der Waals surface area contributed by atoms with Gasteiger partial charge < -0.3 is 10.2 Å². The lowest BCUT2D eigenvalue weighted by Crippen LogP contribution is -2.15. The quantitative estimate of drug-likeness (QED) is 0.750. The minimum absolute atomic E-state index is 0.0978. The van der Waals surface area contributed by atoms with Crippen molar-refractivity contribution in [2.24, 2.45) is 0 Å². The van der Waals surface area contributed by atoms with E-state index in [4.69, 9.17) is 4.84 Å². The number of ketones is 1. The van der Waals surface area contributed by atoms with Crippen LogP contribution in [0.2, 0.25) is 0 Å². The van der Waals surface area contributed by atoms with E-state index in [1.165, 1.54) is 24.8 Å². The summed E-state index contributed by atoms with van der Waals surface area (Å²) in [5.41, 5.74) is 2.81. The second kappa shape index (κ2) is 5.92. The number of nitrogens with one attached hydrogen (secondary N) is 1. The van der Waals surface area contributed by atoms with Gasteiger partial charge in [0, 0.05) is 29.8 Å². The number of anilines is 2. The predicted molar refractivity (Wildman–Crippen MR) is 86.7 cm³/mol. The van der Waals surface area contributed by atoms with Crippen LogP contribution in [-0.2, 0) is 4.79 Å². The molecule has 0 aliphatic carbocycles. The van der Waals surface area contributed by atoms with Gasteiger partial charge in [-0.25, -0.2) is 4.79 Å². The summed E-state index contributed by atoms with van der Waals surface area (Å²) in [5, 5.41) is 3.94. The van der Waals surface area contributed by atoms with Crippen molar-refractivity contribution in [1.82, 2.24) is 9.71 Å². The molecule has 0 fully saturated rings. The Morgan fingerprint density at radius 1 is 1.17 bits per heavy atom. The maximum absolute atomic E-state index is 11.8. The van der Waals surface area contributed by atoms with Gasteiger partial charge in [-0.3, -0.25) is 9.78 Å². The van der Waals surface area contributed by atoms with Gasteiger partial charge in [-0.05, 0) is 37.3 Å². The van der Waals surface area contributed by atoms with Crippen molar-refractivity contribution in [3.05, 3.63) is 54.5 Å². The molecule has 1 N–H and O–H groups in total. The first kappa shape index (κ1) is 14.8. The van der Waals surface area contributed by atoms with Gasteiger partial charge in [0.25, 0.3) is 0 Å². The summed E-state index contributed by atoms with van der Waals surface area (Å²) in [6, 6.07) is 9.22. The molecule has 3 rings (SSSR count). The fourth-order valence-electron chi connectivity index (χ4n) is 2.38. The average molecular weight is 309 g/mol. The standard InChI is InChI=1S/C17H15N3O3/c1-11(21)16-10-20(23-12(2)22)17-6-5-13(8-15(16)17)19-14-4-3-7-18-9-14/h3-10,19H,1-2H3. The molecule has 0 saturated carbocycles. The summed E-state index contributed by atoms with van der Waals surface area (Å²) >= 11 is 0. The van der Waals surface area contributed by atoms with Crippen LogP contribution in [0, 0.1) is 0 Å². The van der Waals surface area contributed by atoms with Gasteiger partial charge in [0.2, 0.25) is 0 Å². The molecule has 0 unspecified atom stereocenters. The van der Waals surface area contributed by atoms with Crippen molar-refractivity contribution >= 4 is 34.0 Å². The van der Waals surface area contributed by atoms with Gasteiger partial charge in [-0.2, -0.15) is 4.73 Å². The topological polar surface area (TPSA) is 73.2 Å². The van der Waals surface area contributed by atoms with Crippen molar-refractivity contribution < 1.29 is 14.4 Å². The van der Waals surface area contributed by atoms with E-state index in [1.807, 2.05) is 24.3 Å². The average Bonchev–Trinajstić information content (AvgIpc) is 2.86. The fourth-order valence-corrected chi connectivity index (χ4v) is 2.38. The first-order valence-electron chi connectivity index (χ1n) is 7.06. The molecule has 0 aliphatic heterocycles. The van der Waals surface area contributed by atoms with Gasteiger partial charge in [0.05, 0.1) is 23.6 Å². The number of pyridine rings is 1. The number of aromatic nitrogens is 2. The molecule has 6 heteroatoms. The van der Waals surface area contributed by atoms with Crippen LogP contribution in [-0.4, -0.2) is 21.5 Å². The molecule has 2 heterocycles. The molecule has 116 valence electrons. The van der Waals surface area contributed by atoms with E-state index in [9.17, 15) is 9.59 Å². The van der Waals surface area contributed by atoms with E-state index in [2.05, 4.69) is 10.3 Å². The van der Waals surface area contributed by atoms with Gasteiger partial charge in [-0.15, -0.1) is 0 Å². The highest BCUT2D eigenvalue weighted by atomic mass is 16.7. The van der Waals surface area contributed by atoms with Crippen LogP contribution in [0.3, 0.4) is 0 Å². The van der Waals surface area contributed by atoms with E-state index in [1.54, 1.807) is 18.5 Å². The Labute approximate surface area is 132 Å². The Kier molecular flexibility index (Phi) is 3.80. The molecular formula is C17H15N3O3. The van der Waals surface area contributed by atoms with Gasteiger partial charge >= 0.3 is 5.97 Å². The van der Waals surface area contributed by atoms with Crippen molar-refractivity contribution in [3.63, 3.8) is 0 Å². The van der Waals surface area contributed by atoms with Crippen molar-refractivity contribution in [1.29, 1.82) is 0 Å². The number of benzene rings is 1. The molecule has 0 radical (unpaired) electrons. The Hall–Kier alpha value is -3.15. The SMILES string of the molecule is CC(=O)On1cc(C(C)=O)c2cc(Nc3cccnc3)ccc21. The molecule has 3 aromatic rings. The molecule has 0 atom stereocenters. The number of carbonyl (C=O) groups excluding carboxylic acids is 2. The fraction of sp³-hybridized carbons (Fsp3) is 0.118. The molecule has 0 bridgehead atoms. The largest absolute Gasteiger partial charge is 0.354 e. The molecule has 23 heavy (non-hydrogen) atoms. The lowest BCUT2D eigenvalue weighted by Gasteiger charge is -2.07. The summed E-state index contributed by atoms with van der Waals surface area (Å²) in [6.07, 6.45) is 4.93. The second-order valence-electron chi connectivity index (χ2n) is 5.11. The summed E-state index contributed by atoms with van der Waals surface area (Å²) in [6.45, 7) is 2.80. The third-order valence-electron chi connectivity index (χ3n) is 3.33. The van der Waals surface area contributed by atoms with Gasteiger partial charge in [0.15, 0.2) is 5.78 Å². The molecule has 2 aromatic heterocycles. The second-order valence-corrected chi connectivity index (χ2v) is 5.11. The predicted octanol–water partition coefficient (Wildman–Crippen LogP) is 2.96. The number of hydrogen-bond acceptors (Lipinski definition) is 5. The summed E-state index contributed by atoms with van der Waals surface area (Å²) in [5.74, 6) is -0.547. The molecule has 0 amide bonds. The highest BCUT2D eigenvalue weighted by Gasteiger charge is 2.14. The van der Waals surface area contributed by atoms with Crippen molar-refractivity contribution in [2.45, 2.75) is 13.8 Å². The Morgan fingerprint density at radius 3 is 2.65 bits per heavy atom. The van der Waals surface area contributed by atoms with Crippen LogP contribution < -0.4 is 10.2 Å². The number of hydrogen-bond donors (Lipinski definition) is 1. The lowest BCUT2D eigenvalue weighted by atomic mass is 10.1. The zero-order chi connectivity index (χ0) is 16.4. The molecule has 0 saturated heterocycles. The van der Waals surface area contributed by atoms with Crippen LogP contribution in [0.5, 0.6) is 0 Å². The number of Topliss-reactive ketones (excluding diaryl/α,β-unsaturated/α-hetero) is 1. The normalized spacial score (nSPS) is 10.5. The first-order chi connectivity index (χ1) is 11.0. The van der Waals surface area contributed by atoms with Gasteiger partial charge in [-0.1, -0.05) is 0 Å². The highest BCUT2D eigenvalue weighted by molar-refractivity contribution is 6.07. The van der Waals surface area contributed by atoms with Crippen LogP contribution in [0.25, 0.3) is 10.9 Å². The molecule has 1 aromatic carbocycles. The van der Waals surface area contributed by atoms with Crippen LogP contribution in [0.1, 0.15) is 24.2 Å². The molecular weight excluding hydrogens is 294 g/mol. The van der Waals surface area contributed by atoms with E-state index in [-0.39, 0.29) is 5.78 Å². The number of carbonyl (C=O) groups is 2. The van der Waals surface area contributed by atoms with Crippen molar-refractivity contribution in [3.8, 4) is 0 Å². The summed E-state index contributed by atoms with van der Waals surface area (Å²) in [4.78, 5) is 32.2.